The molecule has 1 aromatic carbocycles. The second kappa shape index (κ2) is 7.70. The lowest BCUT2D eigenvalue weighted by atomic mass is 9.92. The first-order valence-corrected chi connectivity index (χ1v) is 9.32. The Morgan fingerprint density at radius 2 is 1.87 bits per heavy atom. The van der Waals surface area contributed by atoms with E-state index in [1.807, 2.05) is 20.8 Å². The van der Waals surface area contributed by atoms with Crippen LogP contribution in [0.5, 0.6) is 0 Å². The molecule has 0 aliphatic carbocycles. The molecule has 30 heavy (non-hydrogen) atoms. The summed E-state index contributed by atoms with van der Waals surface area (Å²) in [6.45, 7) is 7.75. The van der Waals surface area contributed by atoms with Crippen LogP contribution >= 0.6 is 0 Å². The van der Waals surface area contributed by atoms with Crippen molar-refractivity contribution in [1.82, 2.24) is 14.8 Å². The molecule has 0 aliphatic heterocycles. The second-order valence-electron chi connectivity index (χ2n) is 8.46. The molecule has 160 valence electrons. The molecule has 3 aromatic rings. The summed E-state index contributed by atoms with van der Waals surface area (Å²) in [5.74, 6) is -1.04. The number of carbonyl (C=O) groups is 1. The van der Waals surface area contributed by atoms with Crippen molar-refractivity contribution >= 4 is 22.8 Å². The van der Waals surface area contributed by atoms with Gasteiger partial charge in [-0.2, -0.15) is 18.3 Å². The van der Waals surface area contributed by atoms with Crippen LogP contribution < -0.4 is 5.32 Å². The van der Waals surface area contributed by atoms with Crippen molar-refractivity contribution in [3.8, 4) is 0 Å². The summed E-state index contributed by atoms with van der Waals surface area (Å²) in [4.78, 5) is 16.6. The van der Waals surface area contributed by atoms with E-state index in [1.165, 1.54) is 16.9 Å². The van der Waals surface area contributed by atoms with Gasteiger partial charge in [0.1, 0.15) is 17.2 Å². The number of nitrogens with zero attached hydrogens (tertiary/aromatic N) is 3. The number of benzene rings is 1. The van der Waals surface area contributed by atoms with Gasteiger partial charge in [0.25, 0.3) is 0 Å². The van der Waals surface area contributed by atoms with Crippen molar-refractivity contribution in [1.29, 1.82) is 0 Å². The summed E-state index contributed by atoms with van der Waals surface area (Å²) < 4.78 is 53.6. The number of fused-ring (bicyclic) bond motifs is 1. The highest BCUT2D eigenvalue weighted by Gasteiger charge is 2.33. The van der Waals surface area contributed by atoms with Crippen molar-refractivity contribution < 1.29 is 22.4 Å². The van der Waals surface area contributed by atoms with Gasteiger partial charge in [-0.3, -0.25) is 9.48 Å². The highest BCUT2D eigenvalue weighted by molar-refractivity contribution is 5.92. The van der Waals surface area contributed by atoms with Gasteiger partial charge in [0.05, 0.1) is 23.8 Å². The molecule has 0 radical (unpaired) electrons. The number of nitrogens with one attached hydrogen (secondary N) is 1. The zero-order chi connectivity index (χ0) is 22.3. The van der Waals surface area contributed by atoms with E-state index in [1.54, 1.807) is 13.0 Å². The number of amides is 1. The van der Waals surface area contributed by atoms with Gasteiger partial charge in [-0.15, -0.1) is 0 Å². The monoisotopic (exact) mass is 422 g/mol. The lowest BCUT2D eigenvalue weighted by Crippen LogP contribution is -2.20. The van der Waals surface area contributed by atoms with Gasteiger partial charge in [0, 0.05) is 6.42 Å². The highest BCUT2D eigenvalue weighted by Crippen LogP contribution is 2.32. The van der Waals surface area contributed by atoms with Crippen LogP contribution in [0.15, 0.2) is 30.5 Å². The molecule has 0 saturated heterocycles. The Hall–Kier alpha value is -2.97. The number of alkyl halides is 3. The molecule has 1 amide bonds. The normalized spacial score (nSPS) is 12.4. The van der Waals surface area contributed by atoms with Crippen LogP contribution in [0.25, 0.3) is 11.0 Å². The van der Waals surface area contributed by atoms with E-state index in [0.29, 0.717) is 34.4 Å². The maximum Gasteiger partial charge on any atom is 0.419 e. The molecule has 0 unspecified atom stereocenters. The number of hydrogen-bond acceptors (Lipinski definition) is 3. The summed E-state index contributed by atoms with van der Waals surface area (Å²) in [5, 5.41) is 7.01. The molecule has 5 nitrogen and oxygen atoms in total. The molecular formula is C21H22F4N4O. The van der Waals surface area contributed by atoms with Crippen molar-refractivity contribution in [2.45, 2.75) is 46.8 Å². The third-order valence-corrected chi connectivity index (χ3v) is 4.44. The number of anilines is 1. The third-order valence-electron chi connectivity index (χ3n) is 4.44. The van der Waals surface area contributed by atoms with Gasteiger partial charge >= 0.3 is 6.18 Å². The minimum absolute atomic E-state index is 0.0788. The zero-order valence-corrected chi connectivity index (χ0v) is 17.1. The van der Waals surface area contributed by atoms with Crippen molar-refractivity contribution in [3.63, 3.8) is 0 Å². The SMILES string of the molecule is Cc1cc2c(cnn2Cc2ccc(C(F)(F)F)c(F)c2)nc1NC(=O)CC(C)(C)C. The molecule has 1 N–H and O–H groups in total. The summed E-state index contributed by atoms with van der Waals surface area (Å²) in [5.41, 5.74) is 0.727. The van der Waals surface area contributed by atoms with Crippen LogP contribution in [0.4, 0.5) is 23.4 Å². The molecule has 2 heterocycles. The molecular weight excluding hydrogens is 400 g/mol. The highest BCUT2D eigenvalue weighted by atomic mass is 19.4. The van der Waals surface area contributed by atoms with E-state index in [2.05, 4.69) is 15.4 Å². The largest absolute Gasteiger partial charge is 0.419 e. The first-order valence-electron chi connectivity index (χ1n) is 9.32. The van der Waals surface area contributed by atoms with Crippen molar-refractivity contribution in [3.05, 3.63) is 53.0 Å². The topological polar surface area (TPSA) is 59.8 Å². The van der Waals surface area contributed by atoms with Gasteiger partial charge in [0.15, 0.2) is 0 Å². The molecule has 0 fully saturated rings. The molecule has 0 saturated carbocycles. The van der Waals surface area contributed by atoms with Gasteiger partial charge < -0.3 is 5.32 Å². The van der Waals surface area contributed by atoms with E-state index in [4.69, 9.17) is 0 Å². The Bertz CT molecular complexity index is 1100. The van der Waals surface area contributed by atoms with Gasteiger partial charge in [-0.25, -0.2) is 9.37 Å². The number of aryl methyl sites for hydroxylation is 1. The fourth-order valence-corrected chi connectivity index (χ4v) is 3.07. The van der Waals surface area contributed by atoms with Crippen LogP contribution in [-0.4, -0.2) is 20.7 Å². The van der Waals surface area contributed by atoms with Gasteiger partial charge in [-0.1, -0.05) is 26.8 Å². The van der Waals surface area contributed by atoms with Crippen molar-refractivity contribution in [2.24, 2.45) is 5.41 Å². The summed E-state index contributed by atoms with van der Waals surface area (Å²) in [6.07, 6.45) is -2.91. The smallest absolute Gasteiger partial charge is 0.310 e. The number of hydrogen-bond donors (Lipinski definition) is 1. The van der Waals surface area contributed by atoms with Crippen LogP contribution in [0, 0.1) is 18.2 Å². The van der Waals surface area contributed by atoms with E-state index >= 15 is 0 Å². The molecule has 9 heteroatoms. The van der Waals surface area contributed by atoms with E-state index < -0.39 is 17.6 Å². The van der Waals surface area contributed by atoms with Crippen LogP contribution in [-0.2, 0) is 17.5 Å². The number of aromatic nitrogens is 3. The Balaban J connectivity index is 1.85. The Labute approximate surface area is 171 Å². The molecule has 0 atom stereocenters. The first-order chi connectivity index (χ1) is 13.8. The maximum atomic E-state index is 13.8. The fourth-order valence-electron chi connectivity index (χ4n) is 3.07. The maximum absolute atomic E-state index is 13.8. The van der Waals surface area contributed by atoms with Crippen LogP contribution in [0.3, 0.4) is 0 Å². The summed E-state index contributed by atoms with van der Waals surface area (Å²) in [6, 6.07) is 4.59. The Morgan fingerprint density at radius 3 is 2.47 bits per heavy atom. The van der Waals surface area contributed by atoms with E-state index in [0.717, 1.165) is 12.1 Å². The minimum atomic E-state index is -4.74. The average Bonchev–Trinajstić information content (AvgIpc) is 2.94. The number of halogens is 4. The fraction of sp³-hybridized carbons (Fsp3) is 0.381. The minimum Gasteiger partial charge on any atom is -0.310 e. The summed E-state index contributed by atoms with van der Waals surface area (Å²) >= 11 is 0. The summed E-state index contributed by atoms with van der Waals surface area (Å²) in [7, 11) is 0. The molecule has 0 bridgehead atoms. The van der Waals surface area contributed by atoms with Gasteiger partial charge in [0.2, 0.25) is 5.91 Å². The standard InChI is InChI=1S/C21H22F4N4O/c1-12-7-17-16(27-19(12)28-18(30)9-20(2,3)4)10-26-29(17)11-13-5-6-14(15(22)8-13)21(23,24)25/h5-8,10H,9,11H2,1-4H3,(H,27,28,30). The quantitative estimate of drug-likeness (QED) is 0.579. The Kier molecular flexibility index (Phi) is 5.58. The molecule has 3 rings (SSSR count). The van der Waals surface area contributed by atoms with E-state index in [-0.39, 0.29) is 17.9 Å². The van der Waals surface area contributed by atoms with E-state index in [9.17, 15) is 22.4 Å². The molecule has 2 aromatic heterocycles. The van der Waals surface area contributed by atoms with Gasteiger partial charge in [-0.05, 0) is 41.7 Å². The lowest BCUT2D eigenvalue weighted by Gasteiger charge is -2.17. The number of rotatable bonds is 4. The number of pyridine rings is 1. The Morgan fingerprint density at radius 1 is 1.17 bits per heavy atom. The number of carbonyl (C=O) groups excluding carboxylic acids is 1. The van der Waals surface area contributed by atoms with Crippen LogP contribution in [0.1, 0.15) is 43.9 Å². The molecule has 0 spiro atoms. The van der Waals surface area contributed by atoms with Crippen molar-refractivity contribution in [2.75, 3.05) is 5.32 Å². The third kappa shape index (κ3) is 4.95. The predicted octanol–water partition coefficient (Wildman–Crippen LogP) is 5.32. The second-order valence-corrected chi connectivity index (χ2v) is 8.46. The molecule has 0 aliphatic rings. The lowest BCUT2D eigenvalue weighted by molar-refractivity contribution is -0.140. The zero-order valence-electron chi connectivity index (χ0n) is 17.1. The first kappa shape index (κ1) is 21.7. The predicted molar refractivity (Wildman–Crippen MR) is 105 cm³/mol. The average molecular weight is 422 g/mol. The van der Waals surface area contributed by atoms with Crippen LogP contribution in [0.2, 0.25) is 0 Å².